The molecule has 1 aliphatic heterocycles. The van der Waals surface area contributed by atoms with Crippen LogP contribution in [0.2, 0.25) is 0 Å². The number of aromatic nitrogens is 1. The standard InChI is InChI=1S/C20H17FN2O2/c21-17-9-5-4-8-16(17)15-10-11-23(13-15)20(24)18-12-19(25-22-18)14-6-2-1-3-7-14/h1-9,12,15H,10-11,13H2/t15-/m1/s1. The number of rotatable bonds is 3. The summed E-state index contributed by atoms with van der Waals surface area (Å²) < 4.78 is 19.3. The van der Waals surface area contributed by atoms with Gasteiger partial charge in [0, 0.05) is 30.6 Å². The first-order valence-electron chi connectivity index (χ1n) is 8.28. The highest BCUT2D eigenvalue weighted by atomic mass is 19.1. The van der Waals surface area contributed by atoms with Gasteiger partial charge in [0.15, 0.2) is 11.5 Å². The lowest BCUT2D eigenvalue weighted by molar-refractivity contribution is 0.0780. The molecule has 0 saturated carbocycles. The van der Waals surface area contributed by atoms with E-state index in [0.29, 0.717) is 24.4 Å². The minimum absolute atomic E-state index is 0.0191. The van der Waals surface area contributed by atoms with Gasteiger partial charge in [0.05, 0.1) is 0 Å². The summed E-state index contributed by atoms with van der Waals surface area (Å²) in [6, 6.07) is 17.9. The summed E-state index contributed by atoms with van der Waals surface area (Å²) in [4.78, 5) is 14.4. The van der Waals surface area contributed by atoms with E-state index in [1.54, 1.807) is 23.1 Å². The minimum Gasteiger partial charge on any atom is -0.355 e. The van der Waals surface area contributed by atoms with Crippen molar-refractivity contribution in [3.63, 3.8) is 0 Å². The first-order valence-corrected chi connectivity index (χ1v) is 8.28. The molecule has 1 aromatic heterocycles. The smallest absolute Gasteiger partial charge is 0.276 e. The average molecular weight is 336 g/mol. The monoisotopic (exact) mass is 336 g/mol. The second-order valence-electron chi connectivity index (χ2n) is 6.20. The molecule has 5 heteroatoms. The predicted molar refractivity (Wildman–Crippen MR) is 91.6 cm³/mol. The Bertz CT molecular complexity index is 891. The van der Waals surface area contributed by atoms with Crippen molar-refractivity contribution in [2.24, 2.45) is 0 Å². The van der Waals surface area contributed by atoms with Gasteiger partial charge in [0.25, 0.3) is 5.91 Å². The second kappa shape index (κ2) is 6.51. The predicted octanol–water partition coefficient (Wildman–Crippen LogP) is 4.11. The molecule has 1 aliphatic rings. The van der Waals surface area contributed by atoms with Crippen LogP contribution < -0.4 is 0 Å². The van der Waals surface area contributed by atoms with Crippen LogP contribution >= 0.6 is 0 Å². The van der Waals surface area contributed by atoms with Gasteiger partial charge in [-0.25, -0.2) is 4.39 Å². The van der Waals surface area contributed by atoms with E-state index in [0.717, 1.165) is 12.0 Å². The van der Waals surface area contributed by atoms with Crippen LogP contribution in [0.5, 0.6) is 0 Å². The largest absolute Gasteiger partial charge is 0.355 e. The Morgan fingerprint density at radius 2 is 1.88 bits per heavy atom. The first kappa shape index (κ1) is 15.6. The molecule has 0 spiro atoms. The molecule has 1 fully saturated rings. The van der Waals surface area contributed by atoms with Gasteiger partial charge < -0.3 is 9.42 Å². The van der Waals surface area contributed by atoms with Crippen LogP contribution in [0.3, 0.4) is 0 Å². The Labute approximate surface area is 144 Å². The molecular weight excluding hydrogens is 319 g/mol. The summed E-state index contributed by atoms with van der Waals surface area (Å²) in [6.45, 7) is 1.08. The van der Waals surface area contributed by atoms with Gasteiger partial charge in [-0.15, -0.1) is 0 Å². The fraction of sp³-hybridized carbons (Fsp3) is 0.200. The molecule has 126 valence electrons. The van der Waals surface area contributed by atoms with Crippen LogP contribution in [-0.4, -0.2) is 29.1 Å². The fourth-order valence-corrected chi connectivity index (χ4v) is 3.28. The van der Waals surface area contributed by atoms with Crippen molar-refractivity contribution in [3.8, 4) is 11.3 Å². The van der Waals surface area contributed by atoms with Gasteiger partial charge in [-0.3, -0.25) is 4.79 Å². The number of hydrogen-bond donors (Lipinski definition) is 0. The van der Waals surface area contributed by atoms with Crippen molar-refractivity contribution in [1.82, 2.24) is 10.1 Å². The van der Waals surface area contributed by atoms with Gasteiger partial charge in [-0.1, -0.05) is 53.7 Å². The van der Waals surface area contributed by atoms with Crippen LogP contribution in [0, 0.1) is 5.82 Å². The third-order valence-electron chi connectivity index (χ3n) is 4.61. The van der Waals surface area contributed by atoms with E-state index >= 15 is 0 Å². The summed E-state index contributed by atoms with van der Waals surface area (Å²) in [5, 5.41) is 3.91. The Hall–Kier alpha value is -2.95. The zero-order chi connectivity index (χ0) is 17.2. The van der Waals surface area contributed by atoms with Crippen molar-refractivity contribution >= 4 is 5.91 Å². The Balaban J connectivity index is 1.49. The third-order valence-corrected chi connectivity index (χ3v) is 4.61. The quantitative estimate of drug-likeness (QED) is 0.723. The Morgan fingerprint density at radius 1 is 1.12 bits per heavy atom. The van der Waals surface area contributed by atoms with Crippen molar-refractivity contribution in [1.29, 1.82) is 0 Å². The maximum atomic E-state index is 14.0. The topological polar surface area (TPSA) is 46.3 Å². The number of benzene rings is 2. The van der Waals surface area contributed by atoms with E-state index in [9.17, 15) is 9.18 Å². The van der Waals surface area contributed by atoms with Crippen molar-refractivity contribution in [2.75, 3.05) is 13.1 Å². The molecule has 2 heterocycles. The van der Waals surface area contributed by atoms with E-state index in [1.807, 2.05) is 36.4 Å². The molecular formula is C20H17FN2O2. The Kier molecular flexibility index (Phi) is 4.06. The molecule has 0 radical (unpaired) electrons. The van der Waals surface area contributed by atoms with Gasteiger partial charge in [-0.2, -0.15) is 0 Å². The number of carbonyl (C=O) groups excluding carboxylic acids is 1. The van der Waals surface area contributed by atoms with Crippen molar-refractivity contribution in [3.05, 3.63) is 77.7 Å². The molecule has 3 aromatic rings. The molecule has 25 heavy (non-hydrogen) atoms. The molecule has 4 rings (SSSR count). The highest BCUT2D eigenvalue weighted by molar-refractivity contribution is 5.93. The zero-order valence-corrected chi connectivity index (χ0v) is 13.6. The summed E-state index contributed by atoms with van der Waals surface area (Å²) in [7, 11) is 0. The molecule has 0 unspecified atom stereocenters. The van der Waals surface area contributed by atoms with Gasteiger partial charge in [-0.05, 0) is 18.1 Å². The third kappa shape index (κ3) is 3.05. The number of halogens is 1. The lowest BCUT2D eigenvalue weighted by Gasteiger charge is -2.15. The average Bonchev–Trinajstić information content (AvgIpc) is 3.32. The maximum Gasteiger partial charge on any atom is 0.276 e. The Morgan fingerprint density at radius 3 is 2.68 bits per heavy atom. The van der Waals surface area contributed by atoms with Crippen LogP contribution in [0.25, 0.3) is 11.3 Å². The van der Waals surface area contributed by atoms with E-state index in [4.69, 9.17) is 4.52 Å². The lowest BCUT2D eigenvalue weighted by atomic mass is 9.98. The number of hydrogen-bond acceptors (Lipinski definition) is 3. The molecule has 1 amide bonds. The number of carbonyl (C=O) groups is 1. The summed E-state index contributed by atoms with van der Waals surface area (Å²) in [5.74, 6) is 0.193. The highest BCUT2D eigenvalue weighted by Gasteiger charge is 2.30. The highest BCUT2D eigenvalue weighted by Crippen LogP contribution is 2.30. The minimum atomic E-state index is -0.213. The van der Waals surface area contributed by atoms with E-state index in [2.05, 4.69) is 5.16 Å². The molecule has 4 nitrogen and oxygen atoms in total. The van der Waals surface area contributed by atoms with Gasteiger partial charge in [0.1, 0.15) is 5.82 Å². The lowest BCUT2D eigenvalue weighted by Crippen LogP contribution is -2.28. The molecule has 1 atom stereocenters. The fourth-order valence-electron chi connectivity index (χ4n) is 3.28. The molecule has 0 bridgehead atoms. The summed E-state index contributed by atoms with van der Waals surface area (Å²) >= 11 is 0. The van der Waals surface area contributed by atoms with E-state index < -0.39 is 0 Å². The summed E-state index contributed by atoms with van der Waals surface area (Å²) in [5.41, 5.74) is 1.83. The van der Waals surface area contributed by atoms with E-state index in [1.165, 1.54) is 6.07 Å². The van der Waals surface area contributed by atoms with Crippen LogP contribution in [0.1, 0.15) is 28.4 Å². The van der Waals surface area contributed by atoms with Crippen LogP contribution in [-0.2, 0) is 0 Å². The molecule has 0 aliphatic carbocycles. The number of nitrogens with zero attached hydrogens (tertiary/aromatic N) is 2. The molecule has 2 aromatic carbocycles. The SMILES string of the molecule is O=C(c1cc(-c2ccccc2)on1)N1CC[C@@H](c2ccccc2F)C1. The molecule has 1 saturated heterocycles. The number of likely N-dealkylation sites (tertiary alicyclic amines) is 1. The van der Waals surface area contributed by atoms with Crippen molar-refractivity contribution < 1.29 is 13.7 Å². The number of amides is 1. The summed E-state index contributed by atoms with van der Waals surface area (Å²) in [6.07, 6.45) is 0.746. The van der Waals surface area contributed by atoms with Gasteiger partial charge in [0.2, 0.25) is 0 Å². The normalized spacial score (nSPS) is 17.0. The maximum absolute atomic E-state index is 14.0. The zero-order valence-electron chi connectivity index (χ0n) is 13.6. The van der Waals surface area contributed by atoms with Crippen LogP contribution in [0.4, 0.5) is 4.39 Å². The van der Waals surface area contributed by atoms with E-state index in [-0.39, 0.29) is 23.3 Å². The van der Waals surface area contributed by atoms with Gasteiger partial charge >= 0.3 is 0 Å². The second-order valence-corrected chi connectivity index (χ2v) is 6.20. The van der Waals surface area contributed by atoms with Crippen molar-refractivity contribution in [2.45, 2.75) is 12.3 Å². The molecule has 0 N–H and O–H groups in total. The first-order chi connectivity index (χ1) is 12.2. The van der Waals surface area contributed by atoms with Crippen LogP contribution in [0.15, 0.2) is 65.2 Å².